The lowest BCUT2D eigenvalue weighted by molar-refractivity contribution is -0.245. The fourth-order valence-corrected chi connectivity index (χ4v) is 3.41. The number of ether oxygens (including phenoxy) is 1. The Morgan fingerprint density at radius 3 is 2.58 bits per heavy atom. The lowest BCUT2D eigenvalue weighted by Crippen LogP contribution is -2.60. The summed E-state index contributed by atoms with van der Waals surface area (Å²) in [4.78, 5) is 0. The van der Waals surface area contributed by atoms with Crippen LogP contribution in [0.1, 0.15) is 16.7 Å². The number of aryl methyl sites for hydroxylation is 1. The molecule has 0 aliphatic carbocycles. The first kappa shape index (κ1) is 17.1. The molecule has 3 rings (SSSR count). The van der Waals surface area contributed by atoms with Crippen LogP contribution in [0.4, 0.5) is 0 Å². The third-order valence-electron chi connectivity index (χ3n) is 4.98. The van der Waals surface area contributed by atoms with Crippen LogP contribution >= 0.6 is 0 Å². The first-order valence-corrected chi connectivity index (χ1v) is 7.84. The lowest BCUT2D eigenvalue weighted by atomic mass is 9.79. The molecule has 6 heteroatoms. The van der Waals surface area contributed by atoms with Crippen molar-refractivity contribution in [1.29, 1.82) is 0 Å². The number of rotatable bonds is 2. The van der Waals surface area contributed by atoms with Gasteiger partial charge in [0, 0.05) is 5.39 Å². The lowest BCUT2D eigenvalue weighted by Gasteiger charge is -2.44. The van der Waals surface area contributed by atoms with Crippen LogP contribution in [0.25, 0.3) is 10.8 Å². The van der Waals surface area contributed by atoms with E-state index in [1.165, 1.54) is 0 Å². The fraction of sp³-hybridized carbons (Fsp3) is 0.444. The Labute approximate surface area is 139 Å². The van der Waals surface area contributed by atoms with Gasteiger partial charge in [-0.15, -0.1) is 0 Å². The van der Waals surface area contributed by atoms with Gasteiger partial charge in [0.2, 0.25) is 0 Å². The van der Waals surface area contributed by atoms with Crippen molar-refractivity contribution in [1.82, 2.24) is 0 Å². The summed E-state index contributed by atoms with van der Waals surface area (Å²) in [7, 11) is 0. The highest BCUT2D eigenvalue weighted by Gasteiger charge is 2.50. The number of aliphatic hydroxyl groups is 4. The molecular formula is C18H22O6. The molecule has 1 aliphatic heterocycles. The molecule has 2 aromatic rings. The summed E-state index contributed by atoms with van der Waals surface area (Å²) in [6, 6.07) is 7.20. The van der Waals surface area contributed by atoms with Gasteiger partial charge in [-0.2, -0.15) is 0 Å². The Kier molecular flexibility index (Phi) is 4.27. The summed E-state index contributed by atoms with van der Waals surface area (Å²) in [5.41, 5.74) is -0.270. The van der Waals surface area contributed by atoms with Crippen LogP contribution in [-0.4, -0.2) is 57.1 Å². The molecule has 6 nitrogen and oxygen atoms in total. The molecule has 5 N–H and O–H groups in total. The van der Waals surface area contributed by atoms with Crippen molar-refractivity contribution < 1.29 is 30.3 Å². The highest BCUT2D eigenvalue weighted by molar-refractivity contribution is 5.92. The normalized spacial score (nSPS) is 30.7. The van der Waals surface area contributed by atoms with Crippen LogP contribution in [0.2, 0.25) is 0 Å². The molecule has 1 heterocycles. The summed E-state index contributed by atoms with van der Waals surface area (Å²) in [6.07, 6.45) is -3.96. The summed E-state index contributed by atoms with van der Waals surface area (Å²) in [6.45, 7) is 2.76. The van der Waals surface area contributed by atoms with E-state index >= 15 is 0 Å². The van der Waals surface area contributed by atoms with Gasteiger partial charge in [0.1, 0.15) is 29.7 Å². The number of aromatic hydroxyl groups is 1. The van der Waals surface area contributed by atoms with Crippen LogP contribution < -0.4 is 0 Å². The van der Waals surface area contributed by atoms with Gasteiger partial charge < -0.3 is 30.3 Å². The smallest absolute Gasteiger partial charge is 0.142 e. The number of phenols is 1. The number of hydrogen-bond donors (Lipinski definition) is 5. The Balaban J connectivity index is 2.18. The summed E-state index contributed by atoms with van der Waals surface area (Å²) in [5.74, 6) is 0.0191. The standard InChI is InChI=1S/C18H22O6/c1-9-4-3-5-11-12(9)6-13(10(2)15(11)20)18(23)8-24-14(7-19)16(21)17(18)22/h3-6,14,16-17,19-23H,7-8H2,1-2H3/t14-,16-,17+,18+/m1/s1. The van der Waals surface area contributed by atoms with Crippen molar-refractivity contribution in [3.63, 3.8) is 0 Å². The quantitative estimate of drug-likeness (QED) is 0.546. The number of aliphatic hydroxyl groups excluding tert-OH is 3. The number of hydrogen-bond acceptors (Lipinski definition) is 6. The molecular weight excluding hydrogens is 312 g/mol. The van der Waals surface area contributed by atoms with Crippen molar-refractivity contribution in [3.8, 4) is 5.75 Å². The van der Waals surface area contributed by atoms with Crippen LogP contribution in [0.5, 0.6) is 5.75 Å². The largest absolute Gasteiger partial charge is 0.507 e. The van der Waals surface area contributed by atoms with Crippen LogP contribution in [0.3, 0.4) is 0 Å². The molecule has 24 heavy (non-hydrogen) atoms. The van der Waals surface area contributed by atoms with E-state index in [-0.39, 0.29) is 12.4 Å². The second-order valence-corrected chi connectivity index (χ2v) is 6.46. The van der Waals surface area contributed by atoms with Crippen molar-refractivity contribution in [2.45, 2.75) is 37.8 Å². The molecule has 0 saturated carbocycles. The first-order valence-electron chi connectivity index (χ1n) is 7.84. The van der Waals surface area contributed by atoms with Gasteiger partial charge in [-0.1, -0.05) is 18.2 Å². The molecule has 0 unspecified atom stereocenters. The molecule has 0 amide bonds. The van der Waals surface area contributed by atoms with Crippen LogP contribution in [-0.2, 0) is 10.3 Å². The van der Waals surface area contributed by atoms with Gasteiger partial charge in [0.05, 0.1) is 13.2 Å². The third-order valence-corrected chi connectivity index (χ3v) is 4.98. The Morgan fingerprint density at radius 1 is 1.21 bits per heavy atom. The van der Waals surface area contributed by atoms with E-state index in [1.54, 1.807) is 19.1 Å². The number of fused-ring (bicyclic) bond motifs is 1. The second kappa shape index (κ2) is 5.98. The molecule has 2 aromatic carbocycles. The molecule has 130 valence electrons. The molecule has 1 saturated heterocycles. The number of phenolic OH excluding ortho intramolecular Hbond substituents is 1. The predicted octanol–water partition coefficient (Wildman–Crippen LogP) is 0.463. The van der Waals surface area contributed by atoms with E-state index in [4.69, 9.17) is 4.74 Å². The minimum atomic E-state index is -1.89. The minimum Gasteiger partial charge on any atom is -0.507 e. The van der Waals surface area contributed by atoms with E-state index in [1.807, 2.05) is 19.1 Å². The molecule has 4 atom stereocenters. The Morgan fingerprint density at radius 2 is 1.92 bits per heavy atom. The topological polar surface area (TPSA) is 110 Å². The molecule has 0 bridgehead atoms. The van der Waals surface area contributed by atoms with Gasteiger partial charge in [-0.05, 0) is 42.0 Å². The fourth-order valence-electron chi connectivity index (χ4n) is 3.41. The van der Waals surface area contributed by atoms with Crippen molar-refractivity contribution in [2.75, 3.05) is 13.2 Å². The van der Waals surface area contributed by atoms with E-state index < -0.39 is 30.5 Å². The van der Waals surface area contributed by atoms with E-state index in [0.29, 0.717) is 16.5 Å². The summed E-state index contributed by atoms with van der Waals surface area (Å²) in [5, 5.41) is 52.7. The van der Waals surface area contributed by atoms with Crippen LogP contribution in [0.15, 0.2) is 24.3 Å². The molecule has 0 radical (unpaired) electrons. The summed E-state index contributed by atoms with van der Waals surface area (Å²) < 4.78 is 5.33. The SMILES string of the molecule is Cc1c([C@@]2(O)CO[C@H](CO)[C@@H](O)[C@@H]2O)cc2c(C)cccc2c1O. The monoisotopic (exact) mass is 334 g/mol. The van der Waals surface area contributed by atoms with Crippen molar-refractivity contribution in [2.24, 2.45) is 0 Å². The zero-order valence-electron chi connectivity index (χ0n) is 13.6. The predicted molar refractivity (Wildman–Crippen MR) is 87.8 cm³/mol. The molecule has 0 spiro atoms. The molecule has 1 aliphatic rings. The highest BCUT2D eigenvalue weighted by Crippen LogP contribution is 2.41. The van der Waals surface area contributed by atoms with Gasteiger partial charge >= 0.3 is 0 Å². The van der Waals surface area contributed by atoms with E-state index in [9.17, 15) is 25.5 Å². The Hall–Kier alpha value is -1.70. The van der Waals surface area contributed by atoms with Gasteiger partial charge in [-0.3, -0.25) is 0 Å². The van der Waals surface area contributed by atoms with Gasteiger partial charge in [0.25, 0.3) is 0 Å². The average molecular weight is 334 g/mol. The maximum Gasteiger partial charge on any atom is 0.142 e. The second-order valence-electron chi connectivity index (χ2n) is 6.46. The maximum absolute atomic E-state index is 11.0. The zero-order valence-corrected chi connectivity index (χ0v) is 13.6. The van der Waals surface area contributed by atoms with Crippen molar-refractivity contribution in [3.05, 3.63) is 41.0 Å². The third kappa shape index (κ3) is 2.39. The van der Waals surface area contributed by atoms with E-state index in [2.05, 4.69) is 0 Å². The number of benzene rings is 2. The van der Waals surface area contributed by atoms with E-state index in [0.717, 1.165) is 10.9 Å². The zero-order chi connectivity index (χ0) is 17.6. The first-order chi connectivity index (χ1) is 11.3. The molecule has 1 fully saturated rings. The average Bonchev–Trinajstić information content (AvgIpc) is 2.57. The van der Waals surface area contributed by atoms with Gasteiger partial charge in [0.15, 0.2) is 0 Å². The Bertz CT molecular complexity index is 774. The highest BCUT2D eigenvalue weighted by atomic mass is 16.5. The minimum absolute atomic E-state index is 0.0191. The molecule has 0 aromatic heterocycles. The van der Waals surface area contributed by atoms with Gasteiger partial charge in [-0.25, -0.2) is 0 Å². The van der Waals surface area contributed by atoms with Crippen LogP contribution in [0, 0.1) is 13.8 Å². The van der Waals surface area contributed by atoms with Crippen molar-refractivity contribution >= 4 is 10.8 Å². The maximum atomic E-state index is 11.0. The summed E-state index contributed by atoms with van der Waals surface area (Å²) >= 11 is 0.